The summed E-state index contributed by atoms with van der Waals surface area (Å²) in [6.45, 7) is 6.40. The van der Waals surface area contributed by atoms with Crippen molar-refractivity contribution in [1.82, 2.24) is 20.2 Å². The molecule has 2 amide bonds. The second-order valence-electron chi connectivity index (χ2n) is 11.6. The summed E-state index contributed by atoms with van der Waals surface area (Å²) in [5.41, 5.74) is 2.10. The van der Waals surface area contributed by atoms with Gasteiger partial charge in [-0.1, -0.05) is 45.0 Å². The van der Waals surface area contributed by atoms with Gasteiger partial charge in [0.05, 0.1) is 10.8 Å². The molecule has 2 aromatic heterocycles. The lowest BCUT2D eigenvalue weighted by Gasteiger charge is -2.38. The van der Waals surface area contributed by atoms with Crippen LogP contribution in [0.1, 0.15) is 40.9 Å². The minimum absolute atomic E-state index is 0.105. The molecule has 1 fully saturated rings. The predicted octanol–water partition coefficient (Wildman–Crippen LogP) is 4.90. The number of carbonyl (C=O) groups excluding carboxylic acids is 2. The first kappa shape index (κ1) is 29.8. The summed E-state index contributed by atoms with van der Waals surface area (Å²) in [5.74, 6) is -2.57. The van der Waals surface area contributed by atoms with Gasteiger partial charge in [0.15, 0.2) is 5.82 Å². The molecule has 0 unspecified atom stereocenters. The molecule has 0 bridgehead atoms. The number of hydrogen-bond acceptors (Lipinski definition) is 7. The Hall–Kier alpha value is -4.64. The number of carbonyl (C=O) groups is 3. The zero-order valence-electron chi connectivity index (χ0n) is 23.9. The predicted molar refractivity (Wildman–Crippen MR) is 160 cm³/mol. The van der Waals surface area contributed by atoms with Gasteiger partial charge in [0.1, 0.15) is 17.6 Å². The molecule has 222 valence electrons. The van der Waals surface area contributed by atoms with E-state index in [-0.39, 0.29) is 48.1 Å². The standard InChI is InChI=1S/C32H31FN4O5S/c1-32(2,3)27-11-10-26(43-27)29(39)36-25(30(40)37-16-21(17-37)31(41)42)12-18-4-6-19(7-5-18)28-34-14-20(15-35-28)23-9-8-22(38)13-24(23)33/h4-11,13-15,21,25,38H,12,16-17H2,1-3H3,(H,36,39)(H,41,42)/t25-/m0/s1. The van der Waals surface area contributed by atoms with Crippen molar-refractivity contribution in [3.05, 3.63) is 88.1 Å². The molecular formula is C32H31FN4O5S. The van der Waals surface area contributed by atoms with Crippen molar-refractivity contribution in [1.29, 1.82) is 0 Å². The Morgan fingerprint density at radius 3 is 2.28 bits per heavy atom. The topological polar surface area (TPSA) is 133 Å². The van der Waals surface area contributed by atoms with Gasteiger partial charge in [0, 0.05) is 59.5 Å². The molecule has 5 rings (SSSR count). The van der Waals surface area contributed by atoms with Gasteiger partial charge in [0.2, 0.25) is 5.91 Å². The number of nitrogens with one attached hydrogen (secondary N) is 1. The van der Waals surface area contributed by atoms with Crippen LogP contribution in [0.15, 0.2) is 67.0 Å². The van der Waals surface area contributed by atoms with Crippen LogP contribution in [-0.4, -0.2) is 62.0 Å². The number of thiophene rings is 1. The summed E-state index contributed by atoms with van der Waals surface area (Å²) < 4.78 is 14.2. The van der Waals surface area contributed by atoms with Crippen LogP contribution in [0.2, 0.25) is 0 Å². The Kier molecular flexibility index (Phi) is 8.27. The van der Waals surface area contributed by atoms with Gasteiger partial charge in [0.25, 0.3) is 5.91 Å². The highest BCUT2D eigenvalue weighted by atomic mass is 32.1. The monoisotopic (exact) mass is 602 g/mol. The first-order chi connectivity index (χ1) is 20.4. The Labute approximate surface area is 252 Å². The van der Waals surface area contributed by atoms with Crippen LogP contribution in [-0.2, 0) is 21.4 Å². The number of carboxylic acids is 1. The minimum atomic E-state index is -0.947. The molecule has 1 aliphatic rings. The number of nitrogens with zero attached hydrogens (tertiary/aromatic N) is 3. The summed E-state index contributed by atoms with van der Waals surface area (Å²) in [4.78, 5) is 49.6. The summed E-state index contributed by atoms with van der Waals surface area (Å²) in [7, 11) is 0. The number of phenols is 1. The number of amides is 2. The van der Waals surface area contributed by atoms with Crippen LogP contribution in [0.4, 0.5) is 4.39 Å². The van der Waals surface area contributed by atoms with Crippen LogP contribution >= 0.6 is 11.3 Å². The number of phenolic OH excluding ortho intramolecular Hbond substituents is 1. The fraction of sp³-hybridized carbons (Fsp3) is 0.281. The molecule has 1 atom stereocenters. The quantitative estimate of drug-likeness (QED) is 0.261. The Morgan fingerprint density at radius 2 is 1.70 bits per heavy atom. The van der Waals surface area contributed by atoms with E-state index in [1.165, 1.54) is 40.8 Å². The third-order valence-corrected chi connectivity index (χ3v) is 8.79. The van der Waals surface area contributed by atoms with Crippen LogP contribution in [0.3, 0.4) is 0 Å². The fourth-order valence-electron chi connectivity index (χ4n) is 4.71. The maximum atomic E-state index is 14.2. The van der Waals surface area contributed by atoms with Crippen LogP contribution in [0.25, 0.3) is 22.5 Å². The van der Waals surface area contributed by atoms with Crippen molar-refractivity contribution in [2.24, 2.45) is 5.92 Å². The van der Waals surface area contributed by atoms with Crippen molar-refractivity contribution < 1.29 is 29.0 Å². The number of benzene rings is 2. The van der Waals surface area contributed by atoms with E-state index in [2.05, 4.69) is 36.1 Å². The van der Waals surface area contributed by atoms with Gasteiger partial charge in [-0.2, -0.15) is 0 Å². The molecule has 3 N–H and O–H groups in total. The second-order valence-corrected chi connectivity index (χ2v) is 12.7. The lowest BCUT2D eigenvalue weighted by molar-refractivity contribution is -0.153. The lowest BCUT2D eigenvalue weighted by atomic mass is 9.95. The first-order valence-electron chi connectivity index (χ1n) is 13.7. The largest absolute Gasteiger partial charge is 0.508 e. The van der Waals surface area contributed by atoms with Crippen molar-refractivity contribution >= 4 is 29.1 Å². The summed E-state index contributed by atoms with van der Waals surface area (Å²) in [6, 6.07) is 13.9. The Balaban J connectivity index is 1.31. The Morgan fingerprint density at radius 1 is 1.02 bits per heavy atom. The van der Waals surface area contributed by atoms with Gasteiger partial charge >= 0.3 is 5.97 Å². The van der Waals surface area contributed by atoms with E-state index >= 15 is 0 Å². The van der Waals surface area contributed by atoms with Gasteiger partial charge < -0.3 is 20.4 Å². The van der Waals surface area contributed by atoms with Crippen molar-refractivity contribution in [2.75, 3.05) is 13.1 Å². The highest BCUT2D eigenvalue weighted by Gasteiger charge is 2.39. The van der Waals surface area contributed by atoms with Crippen molar-refractivity contribution in [2.45, 2.75) is 38.6 Å². The molecule has 2 aromatic carbocycles. The van der Waals surface area contributed by atoms with Gasteiger partial charge in [-0.05, 0) is 35.2 Å². The molecule has 0 spiro atoms. The summed E-state index contributed by atoms with van der Waals surface area (Å²) in [6.07, 6.45) is 3.21. The molecule has 3 heterocycles. The lowest BCUT2D eigenvalue weighted by Crippen LogP contribution is -2.59. The number of rotatable bonds is 8. The van der Waals surface area contributed by atoms with E-state index in [1.807, 2.05) is 18.2 Å². The van der Waals surface area contributed by atoms with E-state index < -0.39 is 23.7 Å². The van der Waals surface area contributed by atoms with Crippen LogP contribution < -0.4 is 5.32 Å². The minimum Gasteiger partial charge on any atom is -0.508 e. The molecule has 1 saturated heterocycles. The van der Waals surface area contributed by atoms with Crippen LogP contribution in [0.5, 0.6) is 5.75 Å². The number of likely N-dealkylation sites (tertiary alicyclic amines) is 1. The molecular weight excluding hydrogens is 571 g/mol. The third kappa shape index (κ3) is 6.72. The van der Waals surface area contributed by atoms with Crippen molar-refractivity contribution in [3.8, 4) is 28.3 Å². The number of aliphatic carboxylic acids is 1. The fourth-order valence-corrected chi connectivity index (χ4v) is 5.67. The molecule has 0 saturated carbocycles. The Bertz CT molecular complexity index is 1660. The normalized spacial score (nSPS) is 14.2. The van der Waals surface area contributed by atoms with E-state index in [0.717, 1.165) is 16.5 Å². The van der Waals surface area contributed by atoms with E-state index in [4.69, 9.17) is 0 Å². The number of aromatic hydroxyl groups is 1. The molecule has 9 nitrogen and oxygen atoms in total. The highest BCUT2D eigenvalue weighted by molar-refractivity contribution is 7.14. The molecule has 11 heteroatoms. The molecule has 4 aromatic rings. The van der Waals surface area contributed by atoms with Crippen molar-refractivity contribution in [3.63, 3.8) is 0 Å². The third-order valence-electron chi connectivity index (χ3n) is 7.28. The summed E-state index contributed by atoms with van der Waals surface area (Å²) in [5, 5.41) is 21.6. The van der Waals surface area contributed by atoms with Crippen LogP contribution in [0, 0.1) is 11.7 Å². The van der Waals surface area contributed by atoms with Gasteiger partial charge in [-0.3, -0.25) is 14.4 Å². The van der Waals surface area contributed by atoms with Gasteiger partial charge in [-0.15, -0.1) is 11.3 Å². The zero-order chi connectivity index (χ0) is 30.9. The number of carboxylic acid groups (broad SMARTS) is 1. The maximum Gasteiger partial charge on any atom is 0.310 e. The average Bonchev–Trinajstić information content (AvgIpc) is 3.44. The molecule has 1 aliphatic heterocycles. The first-order valence-corrected chi connectivity index (χ1v) is 14.5. The van der Waals surface area contributed by atoms with E-state index in [9.17, 15) is 29.0 Å². The summed E-state index contributed by atoms with van der Waals surface area (Å²) >= 11 is 1.38. The smallest absolute Gasteiger partial charge is 0.310 e. The molecule has 0 aliphatic carbocycles. The average molecular weight is 603 g/mol. The SMILES string of the molecule is CC(C)(C)c1ccc(C(=O)N[C@@H](Cc2ccc(-c3ncc(-c4ccc(O)cc4F)cn3)cc2)C(=O)N2CC(C(=O)O)C2)s1. The molecule has 0 radical (unpaired) electrons. The number of halogens is 1. The zero-order valence-corrected chi connectivity index (χ0v) is 24.7. The molecule has 43 heavy (non-hydrogen) atoms. The van der Waals surface area contributed by atoms with Gasteiger partial charge in [-0.25, -0.2) is 14.4 Å². The highest BCUT2D eigenvalue weighted by Crippen LogP contribution is 2.30. The number of aromatic nitrogens is 2. The van der Waals surface area contributed by atoms with E-state index in [1.54, 1.807) is 18.2 Å². The maximum absolute atomic E-state index is 14.2. The second kappa shape index (κ2) is 11.9. The van der Waals surface area contributed by atoms with E-state index in [0.29, 0.717) is 21.8 Å². The number of hydrogen-bond donors (Lipinski definition) is 3.